The van der Waals surface area contributed by atoms with Crippen LogP contribution in [0.1, 0.15) is 97.6 Å². The Morgan fingerprint density at radius 2 is 1.79 bits per heavy atom. The first-order valence-corrected chi connectivity index (χ1v) is 10.4. The Morgan fingerprint density at radius 3 is 2.32 bits per heavy atom. The molecule has 158 valence electrons. The lowest BCUT2D eigenvalue weighted by Crippen LogP contribution is -2.36. The summed E-state index contributed by atoms with van der Waals surface area (Å²) in [6.07, 6.45) is 4.68. The lowest BCUT2D eigenvalue weighted by Gasteiger charge is -2.34. The predicted molar refractivity (Wildman–Crippen MR) is 117 cm³/mol. The van der Waals surface area contributed by atoms with E-state index < -0.39 is 0 Å². The van der Waals surface area contributed by atoms with Gasteiger partial charge in [0, 0.05) is 17.5 Å². The van der Waals surface area contributed by atoms with E-state index in [1.807, 2.05) is 4.52 Å². The van der Waals surface area contributed by atoms with Crippen LogP contribution >= 0.6 is 0 Å². The van der Waals surface area contributed by atoms with Crippen LogP contribution in [0, 0.1) is 5.41 Å². The Labute approximate surface area is 169 Å². The number of aromatic amines is 1. The number of nitrogens with one attached hydrogen (secondary N) is 3. The number of carbonyl (C=O) groups is 1. The van der Waals surface area contributed by atoms with Gasteiger partial charge in [-0.3, -0.25) is 4.79 Å². The van der Waals surface area contributed by atoms with Gasteiger partial charge >= 0.3 is 0 Å². The summed E-state index contributed by atoms with van der Waals surface area (Å²) in [5, 5.41) is 11.3. The fourth-order valence-corrected chi connectivity index (χ4v) is 3.91. The Hall–Kier alpha value is -1.98. The molecule has 2 aromatic heterocycles. The van der Waals surface area contributed by atoms with E-state index in [0.29, 0.717) is 12.1 Å². The second-order valence-electron chi connectivity index (χ2n) is 10.8. The Kier molecular flexibility index (Phi) is 6.22. The molecule has 0 saturated heterocycles. The number of nitrogens with zero attached hydrogens (tertiary/aromatic N) is 2. The molecule has 0 spiro atoms. The van der Waals surface area contributed by atoms with Crippen LogP contribution in [0.5, 0.6) is 0 Å². The average molecular weight is 390 g/mol. The third-order valence-corrected chi connectivity index (χ3v) is 4.70. The molecule has 3 N–H and O–H groups in total. The van der Waals surface area contributed by atoms with Gasteiger partial charge in [-0.1, -0.05) is 54.9 Å². The maximum atomic E-state index is 12.6. The fraction of sp³-hybridized carbons (Fsp3) is 0.727. The minimum atomic E-state index is -0.122. The van der Waals surface area contributed by atoms with Crippen LogP contribution in [0.3, 0.4) is 0 Å². The molecule has 0 fully saturated rings. The number of rotatable bonds is 7. The number of carbonyl (C=O) groups excluding carboxylic acids is 1. The highest BCUT2D eigenvalue weighted by Crippen LogP contribution is 2.35. The standard InChI is InChI=1S/C22H39N5O/c1-10-11-12-23-19(28)15-13-24-27-17(15)25-16(21(5,6)7)18(27)26-22(8,9)14-20(2,3)4/h13,25-26H,10-12,14H2,1-9H3,(H,23,28). The molecule has 2 aromatic rings. The lowest BCUT2D eigenvalue weighted by molar-refractivity contribution is 0.0954. The maximum absolute atomic E-state index is 12.6. The first-order chi connectivity index (χ1) is 12.7. The largest absolute Gasteiger partial charge is 0.364 e. The molecule has 6 heteroatoms. The lowest BCUT2D eigenvalue weighted by atomic mass is 9.81. The molecular weight excluding hydrogens is 350 g/mol. The molecule has 0 aliphatic rings. The van der Waals surface area contributed by atoms with Crippen LogP contribution in [0.2, 0.25) is 0 Å². The van der Waals surface area contributed by atoms with Crippen molar-refractivity contribution in [2.24, 2.45) is 5.41 Å². The quantitative estimate of drug-likeness (QED) is 0.576. The van der Waals surface area contributed by atoms with E-state index in [1.54, 1.807) is 6.20 Å². The van der Waals surface area contributed by atoms with E-state index in [0.717, 1.165) is 36.4 Å². The van der Waals surface area contributed by atoms with Crippen molar-refractivity contribution in [1.82, 2.24) is 19.9 Å². The van der Waals surface area contributed by atoms with Crippen molar-refractivity contribution in [3.05, 3.63) is 17.5 Å². The number of H-pyrrole nitrogens is 1. The van der Waals surface area contributed by atoms with Crippen molar-refractivity contribution in [1.29, 1.82) is 0 Å². The minimum Gasteiger partial charge on any atom is -0.364 e. The summed E-state index contributed by atoms with van der Waals surface area (Å²) < 4.78 is 1.85. The Balaban J connectivity index is 2.45. The van der Waals surface area contributed by atoms with E-state index >= 15 is 0 Å². The molecule has 0 aromatic carbocycles. The van der Waals surface area contributed by atoms with E-state index in [1.165, 1.54) is 0 Å². The zero-order chi connectivity index (χ0) is 21.3. The van der Waals surface area contributed by atoms with E-state index in [9.17, 15) is 4.79 Å². The van der Waals surface area contributed by atoms with Crippen molar-refractivity contribution < 1.29 is 4.79 Å². The van der Waals surface area contributed by atoms with Crippen molar-refractivity contribution in [3.8, 4) is 0 Å². The average Bonchev–Trinajstić information content (AvgIpc) is 3.04. The molecule has 2 rings (SSSR count). The van der Waals surface area contributed by atoms with Gasteiger partial charge in [-0.2, -0.15) is 9.61 Å². The van der Waals surface area contributed by atoms with Gasteiger partial charge in [-0.15, -0.1) is 0 Å². The van der Waals surface area contributed by atoms with Crippen LogP contribution in [-0.4, -0.2) is 32.6 Å². The second-order valence-corrected chi connectivity index (χ2v) is 10.8. The maximum Gasteiger partial charge on any atom is 0.256 e. The number of aromatic nitrogens is 3. The first-order valence-electron chi connectivity index (χ1n) is 10.4. The van der Waals surface area contributed by atoms with Gasteiger partial charge in [0.25, 0.3) is 5.91 Å². The first kappa shape index (κ1) is 22.3. The molecule has 0 saturated carbocycles. The highest BCUT2D eigenvalue weighted by molar-refractivity contribution is 6.00. The molecule has 0 atom stereocenters. The summed E-state index contributed by atoms with van der Waals surface area (Å²) in [5.41, 5.74) is 2.35. The van der Waals surface area contributed by atoms with E-state index in [4.69, 9.17) is 0 Å². The summed E-state index contributed by atoms with van der Waals surface area (Å²) in [6, 6.07) is 0. The van der Waals surface area contributed by atoms with Crippen molar-refractivity contribution in [3.63, 3.8) is 0 Å². The number of imidazole rings is 1. The SMILES string of the molecule is CCCCNC(=O)c1cnn2c(NC(C)(C)CC(C)(C)C)c(C(C)(C)C)[nH]c12. The molecule has 2 heterocycles. The van der Waals surface area contributed by atoms with Gasteiger partial charge in [-0.25, -0.2) is 0 Å². The van der Waals surface area contributed by atoms with Crippen molar-refractivity contribution in [2.75, 3.05) is 11.9 Å². The summed E-state index contributed by atoms with van der Waals surface area (Å²) in [6.45, 7) is 20.5. The van der Waals surface area contributed by atoms with E-state index in [2.05, 4.69) is 83.0 Å². The molecule has 1 amide bonds. The summed E-state index contributed by atoms with van der Waals surface area (Å²) >= 11 is 0. The minimum absolute atomic E-state index is 0.0781. The zero-order valence-electron chi connectivity index (χ0n) is 19.2. The number of amides is 1. The van der Waals surface area contributed by atoms with Crippen molar-refractivity contribution in [2.45, 2.75) is 92.5 Å². The normalized spacial score (nSPS) is 13.2. The molecule has 28 heavy (non-hydrogen) atoms. The van der Waals surface area contributed by atoms with Crippen molar-refractivity contribution >= 4 is 17.4 Å². The highest BCUT2D eigenvalue weighted by Gasteiger charge is 2.31. The number of hydrogen-bond donors (Lipinski definition) is 3. The number of unbranched alkanes of at least 4 members (excludes halogenated alkanes) is 1. The smallest absolute Gasteiger partial charge is 0.256 e. The fourth-order valence-electron chi connectivity index (χ4n) is 3.91. The van der Waals surface area contributed by atoms with Gasteiger partial charge in [0.15, 0.2) is 0 Å². The van der Waals surface area contributed by atoms with Crippen LogP contribution < -0.4 is 10.6 Å². The van der Waals surface area contributed by atoms with Gasteiger partial charge < -0.3 is 15.6 Å². The zero-order valence-corrected chi connectivity index (χ0v) is 19.2. The van der Waals surface area contributed by atoms with E-state index in [-0.39, 0.29) is 22.3 Å². The van der Waals surface area contributed by atoms with Gasteiger partial charge in [0.2, 0.25) is 0 Å². The number of anilines is 1. The Morgan fingerprint density at radius 1 is 1.14 bits per heavy atom. The molecule has 0 unspecified atom stereocenters. The molecule has 0 bridgehead atoms. The van der Waals surface area contributed by atoms with Gasteiger partial charge in [0.1, 0.15) is 17.0 Å². The highest BCUT2D eigenvalue weighted by atomic mass is 16.1. The second kappa shape index (κ2) is 7.80. The third-order valence-electron chi connectivity index (χ3n) is 4.70. The van der Waals surface area contributed by atoms with Crippen LogP contribution in [0.4, 0.5) is 5.82 Å². The van der Waals surface area contributed by atoms with Gasteiger partial charge in [-0.05, 0) is 32.1 Å². The van der Waals surface area contributed by atoms with Gasteiger partial charge in [0.05, 0.1) is 11.9 Å². The van der Waals surface area contributed by atoms with Crippen LogP contribution in [0.15, 0.2) is 6.20 Å². The monoisotopic (exact) mass is 389 g/mol. The molecule has 0 aliphatic carbocycles. The summed E-state index contributed by atoms with van der Waals surface area (Å²) in [5.74, 6) is 0.856. The van der Waals surface area contributed by atoms with Crippen LogP contribution in [0.25, 0.3) is 5.65 Å². The Bertz CT molecular complexity index is 814. The van der Waals surface area contributed by atoms with Crippen LogP contribution in [-0.2, 0) is 5.41 Å². The third kappa shape index (κ3) is 5.30. The summed E-state index contributed by atoms with van der Waals surface area (Å²) in [7, 11) is 0. The predicted octanol–water partition coefficient (Wildman–Crippen LogP) is 5.12. The number of hydrogen-bond acceptors (Lipinski definition) is 3. The number of fused-ring (bicyclic) bond motifs is 1. The summed E-state index contributed by atoms with van der Waals surface area (Å²) in [4.78, 5) is 16.1. The molecule has 0 aliphatic heterocycles. The molecule has 0 radical (unpaired) electrons. The topological polar surface area (TPSA) is 74.2 Å². The molecular formula is C22H39N5O. The molecule has 6 nitrogen and oxygen atoms in total.